The minimum atomic E-state index is -1.28. The van der Waals surface area contributed by atoms with Crippen LogP contribution in [0.2, 0.25) is 0 Å². The summed E-state index contributed by atoms with van der Waals surface area (Å²) in [4.78, 5) is 113. The fourth-order valence-electron chi connectivity index (χ4n) is 7.34. The van der Waals surface area contributed by atoms with E-state index >= 15 is 0 Å². The maximum atomic E-state index is 14.3. The third-order valence-electron chi connectivity index (χ3n) is 10.6. The third kappa shape index (κ3) is 16.7. The van der Waals surface area contributed by atoms with Gasteiger partial charge in [-0.3, -0.25) is 38.6 Å². The van der Waals surface area contributed by atoms with Gasteiger partial charge in [0.1, 0.15) is 48.3 Å². The minimum Gasteiger partial charge on any atom is -0.480 e. The smallest absolute Gasteiger partial charge is 0.326 e. The van der Waals surface area contributed by atoms with Gasteiger partial charge in [-0.05, 0) is 90.0 Å². The van der Waals surface area contributed by atoms with E-state index in [0.717, 1.165) is 0 Å². The SMILES string of the molecule is CCC[C@H](NC(=O)[C@H](C)NC(=O)[C@H](CC(C)C)NC(=O)[C@@H]1CCCN1C(=O)[C@H](CCCCN)NC(=O)[C@@H]1CCCN1C(=O)[C@H](CCCN=C(N)N)NC(=O)[C@@H](N)CO)C(=O)O. The van der Waals surface area contributed by atoms with E-state index in [9.17, 15) is 48.6 Å². The normalized spacial score (nSPS) is 19.1. The number of aliphatic hydroxyl groups is 1. The molecule has 0 spiro atoms. The van der Waals surface area contributed by atoms with Crippen LogP contribution >= 0.6 is 0 Å². The Labute approximate surface area is 357 Å². The summed E-state index contributed by atoms with van der Waals surface area (Å²) in [5, 5.41) is 32.0. The van der Waals surface area contributed by atoms with Crippen molar-refractivity contribution in [3.63, 3.8) is 0 Å². The van der Waals surface area contributed by atoms with Crippen LogP contribution in [0, 0.1) is 5.92 Å². The minimum absolute atomic E-state index is 0.0685. The molecule has 15 N–H and O–H groups in total. The number of hydrogen-bond donors (Lipinski definition) is 11. The van der Waals surface area contributed by atoms with Crippen LogP contribution < -0.4 is 49.5 Å². The summed E-state index contributed by atoms with van der Waals surface area (Å²) in [7, 11) is 0. The Morgan fingerprint density at radius 3 is 1.72 bits per heavy atom. The van der Waals surface area contributed by atoms with Crippen molar-refractivity contribution in [2.45, 2.75) is 153 Å². The van der Waals surface area contributed by atoms with Gasteiger partial charge in [-0.25, -0.2) is 4.79 Å². The number of carbonyl (C=O) groups excluding carboxylic acids is 7. The Bertz CT molecular complexity index is 1540. The van der Waals surface area contributed by atoms with Gasteiger partial charge in [-0.2, -0.15) is 0 Å². The molecule has 0 saturated carbocycles. The second kappa shape index (κ2) is 26.3. The highest BCUT2D eigenvalue weighted by Crippen LogP contribution is 2.23. The van der Waals surface area contributed by atoms with Crippen molar-refractivity contribution >= 4 is 53.3 Å². The highest BCUT2D eigenvalue weighted by molar-refractivity contribution is 5.98. The van der Waals surface area contributed by atoms with Gasteiger partial charge in [0.15, 0.2) is 5.96 Å². The molecule has 0 bridgehead atoms. The molecule has 2 fully saturated rings. The molecular weight excluding hydrogens is 797 g/mol. The van der Waals surface area contributed by atoms with Crippen molar-refractivity contribution in [3.05, 3.63) is 0 Å². The lowest BCUT2D eigenvalue weighted by molar-refractivity contribution is -0.145. The van der Waals surface area contributed by atoms with Crippen LogP contribution in [0.25, 0.3) is 0 Å². The molecular formula is C39H70N12O10. The predicted octanol–water partition coefficient (Wildman–Crippen LogP) is -3.15. The molecule has 7 amide bonds. The molecule has 2 saturated heterocycles. The van der Waals surface area contributed by atoms with Gasteiger partial charge in [0.2, 0.25) is 41.4 Å². The summed E-state index contributed by atoms with van der Waals surface area (Å²) < 4.78 is 0. The highest BCUT2D eigenvalue weighted by atomic mass is 16.4. The molecule has 0 aromatic rings. The molecule has 8 atom stereocenters. The van der Waals surface area contributed by atoms with Crippen molar-refractivity contribution < 1.29 is 48.6 Å². The van der Waals surface area contributed by atoms with Crippen LogP contribution in [0.4, 0.5) is 0 Å². The topological polar surface area (TPSA) is 360 Å². The summed E-state index contributed by atoms with van der Waals surface area (Å²) in [6.45, 7) is 7.13. The molecule has 61 heavy (non-hydrogen) atoms. The second-order valence-corrected chi connectivity index (χ2v) is 16.1. The Balaban J connectivity index is 2.25. The lowest BCUT2D eigenvalue weighted by Gasteiger charge is -2.32. The number of nitrogens with zero attached hydrogens (tertiary/aromatic N) is 3. The molecule has 2 aliphatic rings. The van der Waals surface area contributed by atoms with Crippen LogP contribution in [-0.4, -0.2) is 154 Å². The number of aliphatic carboxylic acids is 1. The lowest BCUT2D eigenvalue weighted by atomic mass is 10.0. The van der Waals surface area contributed by atoms with E-state index in [1.165, 1.54) is 16.7 Å². The average Bonchev–Trinajstić information content (AvgIpc) is 3.91. The first-order valence-corrected chi connectivity index (χ1v) is 21.3. The van der Waals surface area contributed by atoms with Crippen LogP contribution in [0.1, 0.15) is 105 Å². The van der Waals surface area contributed by atoms with Gasteiger partial charge in [0, 0.05) is 19.6 Å². The number of carbonyl (C=O) groups is 8. The zero-order valence-corrected chi connectivity index (χ0v) is 36.0. The molecule has 0 aromatic carbocycles. The number of unbranched alkanes of at least 4 members (excludes halogenated alkanes) is 1. The molecule has 0 radical (unpaired) electrons. The highest BCUT2D eigenvalue weighted by Gasteiger charge is 2.42. The van der Waals surface area contributed by atoms with E-state index in [2.05, 4.69) is 31.6 Å². The Morgan fingerprint density at radius 1 is 0.705 bits per heavy atom. The van der Waals surface area contributed by atoms with Gasteiger partial charge >= 0.3 is 5.97 Å². The Hall–Kier alpha value is -5.09. The fraction of sp³-hybridized carbons (Fsp3) is 0.769. The largest absolute Gasteiger partial charge is 0.480 e. The number of guanidine groups is 1. The number of likely N-dealkylation sites (tertiary alicyclic amines) is 2. The molecule has 0 unspecified atom stereocenters. The number of amides is 7. The van der Waals surface area contributed by atoms with Crippen LogP contribution in [0.3, 0.4) is 0 Å². The van der Waals surface area contributed by atoms with E-state index in [0.29, 0.717) is 45.1 Å². The molecule has 2 aliphatic heterocycles. The van der Waals surface area contributed by atoms with Crippen LogP contribution in [0.5, 0.6) is 0 Å². The van der Waals surface area contributed by atoms with Crippen molar-refractivity contribution in [1.29, 1.82) is 0 Å². The molecule has 22 heteroatoms. The Morgan fingerprint density at radius 2 is 1.23 bits per heavy atom. The first-order chi connectivity index (χ1) is 28.9. The van der Waals surface area contributed by atoms with E-state index < -0.39 is 102 Å². The summed E-state index contributed by atoms with van der Waals surface area (Å²) in [6.07, 6.45) is 4.00. The summed E-state index contributed by atoms with van der Waals surface area (Å²) >= 11 is 0. The number of aliphatic imine (C=N–C) groups is 1. The number of carboxylic acid groups (broad SMARTS) is 1. The number of rotatable bonds is 26. The second-order valence-electron chi connectivity index (χ2n) is 16.1. The standard InChI is InChI=1S/C39H70N12O10/c1-5-11-27(38(60)61)48-31(53)23(4)45-33(55)28(20-22(2)3)49-35(57)30-15-10-19-51(30)36(58)25(12-6-7-16-40)47-34(56)29-14-9-18-50(29)37(59)26(13-8-17-44-39(42)43)46-32(54)24(41)21-52/h22-30,52H,5-21,40-41H2,1-4H3,(H,45,55)(H,46,54)(H,47,56)(H,48,53)(H,49,57)(H,60,61)(H4,42,43,44)/t23-,24-,25-,26-,27-,28-,29-,30-/m0/s1. The maximum absolute atomic E-state index is 14.3. The van der Waals surface area contributed by atoms with Gasteiger partial charge in [-0.1, -0.05) is 27.2 Å². The molecule has 0 aromatic heterocycles. The van der Waals surface area contributed by atoms with Gasteiger partial charge in [-0.15, -0.1) is 0 Å². The molecule has 0 aliphatic carbocycles. The number of carboxylic acids is 1. The van der Waals surface area contributed by atoms with Gasteiger partial charge in [0.25, 0.3) is 0 Å². The Kier molecular flexibility index (Phi) is 22.4. The zero-order valence-electron chi connectivity index (χ0n) is 36.0. The molecule has 22 nitrogen and oxygen atoms in total. The van der Waals surface area contributed by atoms with Gasteiger partial charge in [0.05, 0.1) is 6.61 Å². The van der Waals surface area contributed by atoms with Crippen LogP contribution in [-0.2, 0) is 38.4 Å². The third-order valence-corrected chi connectivity index (χ3v) is 10.6. The van der Waals surface area contributed by atoms with Crippen molar-refractivity contribution in [2.75, 3.05) is 32.8 Å². The van der Waals surface area contributed by atoms with E-state index in [4.69, 9.17) is 22.9 Å². The van der Waals surface area contributed by atoms with Crippen molar-refractivity contribution in [1.82, 2.24) is 36.4 Å². The fourth-order valence-corrected chi connectivity index (χ4v) is 7.34. The average molecular weight is 867 g/mol. The van der Waals surface area contributed by atoms with Crippen molar-refractivity contribution in [2.24, 2.45) is 33.8 Å². The number of nitrogens with two attached hydrogens (primary N) is 4. The monoisotopic (exact) mass is 867 g/mol. The summed E-state index contributed by atoms with van der Waals surface area (Å²) in [5.74, 6) is -5.78. The number of aliphatic hydroxyl groups excluding tert-OH is 1. The summed E-state index contributed by atoms with van der Waals surface area (Å²) in [5.41, 5.74) is 22.3. The zero-order chi connectivity index (χ0) is 45.8. The first-order valence-electron chi connectivity index (χ1n) is 21.3. The van der Waals surface area contributed by atoms with E-state index in [1.54, 1.807) is 6.92 Å². The number of nitrogens with one attached hydrogen (secondary N) is 5. The lowest BCUT2D eigenvalue weighted by Crippen LogP contribution is -2.59. The summed E-state index contributed by atoms with van der Waals surface area (Å²) in [6, 6.07) is -8.77. The van der Waals surface area contributed by atoms with Gasteiger partial charge < -0.3 is 69.5 Å². The van der Waals surface area contributed by atoms with E-state index in [1.807, 2.05) is 13.8 Å². The van der Waals surface area contributed by atoms with E-state index in [-0.39, 0.29) is 70.0 Å². The molecule has 2 rings (SSSR count). The van der Waals surface area contributed by atoms with Crippen LogP contribution in [0.15, 0.2) is 4.99 Å². The predicted molar refractivity (Wildman–Crippen MR) is 225 cm³/mol. The number of hydrogen-bond acceptors (Lipinski definition) is 12. The van der Waals surface area contributed by atoms with Crippen molar-refractivity contribution in [3.8, 4) is 0 Å². The molecule has 346 valence electrons. The molecule has 2 heterocycles. The maximum Gasteiger partial charge on any atom is 0.326 e. The first kappa shape index (κ1) is 52.0. The quantitative estimate of drug-likeness (QED) is 0.0233.